The average molecular weight is 531 g/mol. The maximum Gasteiger partial charge on any atom is 0.433 e. The van der Waals surface area contributed by atoms with Crippen LogP contribution in [0.1, 0.15) is 35.4 Å². The van der Waals surface area contributed by atoms with Crippen LogP contribution in [0.15, 0.2) is 24.4 Å². The Labute approximate surface area is 214 Å². The summed E-state index contributed by atoms with van der Waals surface area (Å²) in [5.41, 5.74) is 0.679. The second-order valence-corrected chi connectivity index (χ2v) is 11.1. The van der Waals surface area contributed by atoms with Gasteiger partial charge in [-0.2, -0.15) is 13.2 Å². The normalized spacial score (nSPS) is 21.1. The first-order valence-electron chi connectivity index (χ1n) is 12.1. The lowest BCUT2D eigenvalue weighted by molar-refractivity contribution is -0.141. The molecule has 6 rings (SSSR count). The van der Waals surface area contributed by atoms with E-state index in [1.54, 1.807) is 32.3 Å². The van der Waals surface area contributed by atoms with E-state index in [1.807, 2.05) is 0 Å². The summed E-state index contributed by atoms with van der Waals surface area (Å²) in [5, 5.41) is 6.67. The molecule has 3 amide bonds. The number of fused-ring (bicyclic) bond motifs is 1. The van der Waals surface area contributed by atoms with E-state index in [0.29, 0.717) is 46.4 Å². The molecule has 3 aromatic heterocycles. The summed E-state index contributed by atoms with van der Waals surface area (Å²) in [6.07, 6.45) is -0.875. The number of urea groups is 1. The number of alkyl halides is 3. The van der Waals surface area contributed by atoms with Crippen molar-refractivity contribution in [2.75, 3.05) is 25.5 Å². The van der Waals surface area contributed by atoms with Crippen LogP contribution in [0.3, 0.4) is 0 Å². The number of nitrogens with zero attached hydrogens (tertiary/aromatic N) is 4. The molecule has 2 aliphatic heterocycles. The summed E-state index contributed by atoms with van der Waals surface area (Å²) in [7, 11) is 1.65. The van der Waals surface area contributed by atoms with Gasteiger partial charge in [-0.3, -0.25) is 14.7 Å². The second-order valence-electron chi connectivity index (χ2n) is 9.93. The second kappa shape index (κ2) is 8.38. The Balaban J connectivity index is 1.42. The minimum Gasteiger partial charge on any atom is -0.379 e. The van der Waals surface area contributed by atoms with Crippen molar-refractivity contribution < 1.29 is 22.8 Å². The smallest absolute Gasteiger partial charge is 0.379 e. The van der Waals surface area contributed by atoms with Crippen LogP contribution in [0, 0.1) is 6.92 Å². The van der Waals surface area contributed by atoms with Gasteiger partial charge < -0.3 is 15.5 Å². The fourth-order valence-corrected chi connectivity index (χ4v) is 6.35. The maximum atomic E-state index is 13.7. The van der Waals surface area contributed by atoms with E-state index in [1.165, 1.54) is 21.1 Å². The molecule has 2 saturated heterocycles. The minimum atomic E-state index is -4.60. The third-order valence-corrected chi connectivity index (χ3v) is 8.62. The van der Waals surface area contributed by atoms with Crippen molar-refractivity contribution in [3.63, 3.8) is 0 Å². The topological polar surface area (TPSA) is 90.5 Å². The van der Waals surface area contributed by atoms with Crippen LogP contribution in [0.5, 0.6) is 0 Å². The molecule has 194 valence electrons. The molecular weight excluding hydrogens is 505 g/mol. The molecule has 1 atom stereocenters. The van der Waals surface area contributed by atoms with E-state index in [9.17, 15) is 22.8 Å². The minimum absolute atomic E-state index is 0.0751. The highest BCUT2D eigenvalue weighted by molar-refractivity contribution is 7.19. The molecule has 2 N–H and O–H groups in total. The van der Waals surface area contributed by atoms with E-state index < -0.39 is 17.4 Å². The molecule has 1 saturated carbocycles. The van der Waals surface area contributed by atoms with Crippen LogP contribution in [0.2, 0.25) is 0 Å². The quantitative estimate of drug-likeness (QED) is 0.476. The van der Waals surface area contributed by atoms with Crippen molar-refractivity contribution >= 4 is 39.2 Å². The standard InChI is InChI=1S/C25H25F3N6O2S/c1-13-9-18(25(26,27)28)32-20(19(13)31-14-3-7-29-11-14)16-4-8-30-17-10-15(37-21(16)17)12-34-22(35)24(5-6-24)33(2)23(34)36/h4,8-10,14,29,31H,3,5-7,11-12H2,1-2H3. The van der Waals surface area contributed by atoms with Gasteiger partial charge in [-0.05, 0) is 56.5 Å². The molecular formula is C25H25F3N6O2S. The number of pyridine rings is 2. The van der Waals surface area contributed by atoms with Crippen LogP contribution >= 0.6 is 11.3 Å². The van der Waals surface area contributed by atoms with Gasteiger partial charge in [0.05, 0.1) is 28.1 Å². The monoisotopic (exact) mass is 530 g/mol. The Morgan fingerprint density at radius 3 is 2.70 bits per heavy atom. The Bertz CT molecular complexity index is 1430. The van der Waals surface area contributed by atoms with Gasteiger partial charge in [0.2, 0.25) is 0 Å². The van der Waals surface area contributed by atoms with E-state index in [0.717, 1.165) is 23.9 Å². The number of imide groups is 1. The van der Waals surface area contributed by atoms with Gasteiger partial charge in [0.1, 0.15) is 11.2 Å². The van der Waals surface area contributed by atoms with Crippen molar-refractivity contribution in [1.82, 2.24) is 25.1 Å². The first-order valence-corrected chi connectivity index (χ1v) is 12.9. The van der Waals surface area contributed by atoms with E-state index in [4.69, 9.17) is 0 Å². The molecule has 0 radical (unpaired) electrons. The Morgan fingerprint density at radius 2 is 2.05 bits per heavy atom. The van der Waals surface area contributed by atoms with Crippen LogP contribution in [0.25, 0.3) is 21.5 Å². The number of aryl methyl sites for hydroxylation is 1. The van der Waals surface area contributed by atoms with Crippen molar-refractivity contribution in [1.29, 1.82) is 0 Å². The van der Waals surface area contributed by atoms with Crippen molar-refractivity contribution in [3.8, 4) is 11.3 Å². The van der Waals surface area contributed by atoms with E-state index in [2.05, 4.69) is 20.6 Å². The number of amides is 3. The number of nitrogens with one attached hydrogen (secondary N) is 2. The summed E-state index contributed by atoms with van der Waals surface area (Å²) < 4.78 is 41.9. The molecule has 3 aliphatic rings. The number of aromatic nitrogens is 2. The van der Waals surface area contributed by atoms with E-state index >= 15 is 0 Å². The summed E-state index contributed by atoms with van der Waals surface area (Å²) in [6.45, 7) is 3.29. The molecule has 3 aromatic rings. The summed E-state index contributed by atoms with van der Waals surface area (Å²) in [5.74, 6) is -0.197. The van der Waals surface area contributed by atoms with Crippen molar-refractivity contribution in [3.05, 3.63) is 40.5 Å². The molecule has 3 fully saturated rings. The number of hydrogen-bond donors (Lipinski definition) is 2. The fraction of sp³-hybridized carbons (Fsp3) is 0.440. The predicted molar refractivity (Wildman–Crippen MR) is 133 cm³/mol. The molecule has 12 heteroatoms. The number of anilines is 1. The van der Waals surface area contributed by atoms with Gasteiger partial charge in [-0.25, -0.2) is 9.78 Å². The molecule has 5 heterocycles. The van der Waals surface area contributed by atoms with Crippen LogP contribution in [-0.2, 0) is 17.5 Å². The molecule has 1 unspecified atom stereocenters. The highest BCUT2D eigenvalue weighted by Gasteiger charge is 2.63. The zero-order chi connectivity index (χ0) is 26.1. The van der Waals surface area contributed by atoms with Crippen molar-refractivity contribution in [2.24, 2.45) is 0 Å². The Kier molecular flexibility index (Phi) is 5.46. The zero-order valence-electron chi connectivity index (χ0n) is 20.3. The predicted octanol–water partition coefficient (Wildman–Crippen LogP) is 4.39. The van der Waals surface area contributed by atoms with Gasteiger partial charge in [0.15, 0.2) is 0 Å². The third kappa shape index (κ3) is 3.93. The number of carbonyl (C=O) groups excluding carboxylic acids is 2. The summed E-state index contributed by atoms with van der Waals surface area (Å²) in [4.78, 5) is 37.7. The lowest BCUT2D eigenvalue weighted by Gasteiger charge is -2.20. The molecule has 37 heavy (non-hydrogen) atoms. The Hall–Kier alpha value is -3.25. The molecule has 1 aliphatic carbocycles. The lowest BCUT2D eigenvalue weighted by atomic mass is 10.0. The first kappa shape index (κ1) is 24.1. The van der Waals surface area contributed by atoms with Gasteiger partial charge >= 0.3 is 12.2 Å². The molecule has 1 spiro atoms. The van der Waals surface area contributed by atoms with Gasteiger partial charge in [0, 0.05) is 36.3 Å². The molecule has 0 bridgehead atoms. The van der Waals surface area contributed by atoms with Gasteiger partial charge in [-0.15, -0.1) is 11.3 Å². The van der Waals surface area contributed by atoms with Crippen molar-refractivity contribution in [2.45, 2.75) is 50.5 Å². The fourth-order valence-electron chi connectivity index (χ4n) is 5.24. The first-order chi connectivity index (χ1) is 17.6. The van der Waals surface area contributed by atoms with Crippen LogP contribution < -0.4 is 10.6 Å². The Morgan fingerprint density at radius 1 is 1.27 bits per heavy atom. The highest BCUT2D eigenvalue weighted by Crippen LogP contribution is 2.48. The number of halogens is 3. The zero-order valence-corrected chi connectivity index (χ0v) is 21.1. The number of likely N-dealkylation sites (N-methyl/N-ethyl adjacent to an activating group) is 1. The number of hydrogen-bond acceptors (Lipinski definition) is 7. The third-order valence-electron chi connectivity index (χ3n) is 7.47. The number of rotatable bonds is 5. The van der Waals surface area contributed by atoms with Crippen LogP contribution in [-0.4, -0.2) is 63.4 Å². The SMILES string of the molecule is Cc1cc(C(F)(F)F)nc(-c2ccnc3cc(CN4C(=O)N(C)C5(CC5)C4=O)sc23)c1NC1CCNC1. The van der Waals surface area contributed by atoms with Crippen LogP contribution in [0.4, 0.5) is 23.7 Å². The maximum absolute atomic E-state index is 13.7. The van der Waals surface area contributed by atoms with Gasteiger partial charge in [-0.1, -0.05) is 0 Å². The summed E-state index contributed by atoms with van der Waals surface area (Å²) in [6, 6.07) is 4.27. The summed E-state index contributed by atoms with van der Waals surface area (Å²) >= 11 is 1.31. The lowest BCUT2D eigenvalue weighted by Crippen LogP contribution is -2.33. The largest absolute Gasteiger partial charge is 0.433 e. The average Bonchev–Trinajstić information content (AvgIpc) is 3.23. The molecule has 8 nitrogen and oxygen atoms in total. The number of carbonyl (C=O) groups is 2. The molecule has 0 aromatic carbocycles. The highest BCUT2D eigenvalue weighted by atomic mass is 32.1. The van der Waals surface area contributed by atoms with Gasteiger partial charge in [0.25, 0.3) is 5.91 Å². The van der Waals surface area contributed by atoms with E-state index in [-0.39, 0.29) is 30.2 Å². The number of thiophene rings is 1.